The van der Waals surface area contributed by atoms with Gasteiger partial charge in [-0.2, -0.15) is 0 Å². The minimum Gasteiger partial charge on any atom is -0.457 e. The molecule has 0 aliphatic carbocycles. The van der Waals surface area contributed by atoms with Crippen molar-refractivity contribution in [3.05, 3.63) is 81.7 Å². The number of hydrogen-bond acceptors (Lipinski definition) is 10. The number of nitro benzene ring substituents is 1. The van der Waals surface area contributed by atoms with Gasteiger partial charge in [-0.05, 0) is 91.4 Å². The van der Waals surface area contributed by atoms with Gasteiger partial charge >= 0.3 is 12.1 Å². The average Bonchev–Trinajstić information content (AvgIpc) is 3.06. The van der Waals surface area contributed by atoms with Crippen LogP contribution in [0.5, 0.6) is 5.75 Å². The van der Waals surface area contributed by atoms with Crippen molar-refractivity contribution in [1.29, 1.82) is 0 Å². The molecule has 2 heterocycles. The van der Waals surface area contributed by atoms with Crippen molar-refractivity contribution < 1.29 is 42.3 Å². The van der Waals surface area contributed by atoms with E-state index in [4.69, 9.17) is 23.4 Å². The average molecular weight is 741 g/mol. The summed E-state index contributed by atoms with van der Waals surface area (Å²) in [5.41, 5.74) is 1.98. The van der Waals surface area contributed by atoms with Crippen LogP contribution in [0.2, 0.25) is 18.1 Å². The summed E-state index contributed by atoms with van der Waals surface area (Å²) in [4.78, 5) is 39.2. The monoisotopic (exact) mass is 740 g/mol. The van der Waals surface area contributed by atoms with Gasteiger partial charge in [0.25, 0.3) is 5.69 Å². The molecule has 0 N–H and O–H groups in total. The number of cyclic esters (lactones) is 1. The number of morpholine rings is 1. The second kappa shape index (κ2) is 17.6. The molecule has 52 heavy (non-hydrogen) atoms. The molecule has 2 aliphatic rings. The van der Waals surface area contributed by atoms with E-state index >= 15 is 0 Å². The number of carbonyl (C=O) groups excluding carboxylic acids is 2. The SMILES string of the molecule is C/C(=C\c1cc(F)cc(N2CCOCC2)c1)[C@H]1OC(=O)C[C@H](O[Si](C)(C)C(C)(C)C)CC[C@H](C)[C@@H](OC(=O)Oc2ccc([N+](=O)[O-])cc2)/C=C/[C@@H]1C. The first-order valence-electron chi connectivity index (χ1n) is 17.9. The third kappa shape index (κ3) is 11.5. The molecule has 2 aliphatic heterocycles. The van der Waals surface area contributed by atoms with Crippen LogP contribution >= 0.6 is 0 Å². The van der Waals surface area contributed by atoms with Crippen molar-refractivity contribution in [2.75, 3.05) is 31.2 Å². The summed E-state index contributed by atoms with van der Waals surface area (Å²) < 4.78 is 44.5. The normalized spacial score (nSPS) is 24.6. The van der Waals surface area contributed by atoms with Crippen LogP contribution < -0.4 is 9.64 Å². The maximum Gasteiger partial charge on any atom is 0.514 e. The number of nitro groups is 1. The van der Waals surface area contributed by atoms with Gasteiger partial charge in [0.1, 0.15) is 23.8 Å². The van der Waals surface area contributed by atoms with Crippen LogP contribution in [0.3, 0.4) is 0 Å². The lowest BCUT2D eigenvalue weighted by Crippen LogP contribution is -2.45. The fraction of sp³-hybridized carbons (Fsp3) is 0.538. The van der Waals surface area contributed by atoms with Crippen molar-refractivity contribution in [1.82, 2.24) is 0 Å². The molecule has 4 rings (SSSR count). The van der Waals surface area contributed by atoms with Crippen molar-refractivity contribution in [3.8, 4) is 5.75 Å². The van der Waals surface area contributed by atoms with Gasteiger partial charge in [-0.15, -0.1) is 0 Å². The van der Waals surface area contributed by atoms with Crippen LogP contribution in [0.15, 0.2) is 60.2 Å². The highest BCUT2D eigenvalue weighted by atomic mass is 28.4. The summed E-state index contributed by atoms with van der Waals surface area (Å²) in [5, 5.41) is 10.9. The molecule has 2 aromatic rings. The maximum absolute atomic E-state index is 14.9. The van der Waals surface area contributed by atoms with Gasteiger partial charge in [0.05, 0.1) is 30.7 Å². The van der Waals surface area contributed by atoms with Crippen LogP contribution in [0.25, 0.3) is 6.08 Å². The Balaban J connectivity index is 1.64. The third-order valence-electron chi connectivity index (χ3n) is 10.1. The van der Waals surface area contributed by atoms with Crippen LogP contribution in [-0.4, -0.2) is 70.0 Å². The zero-order valence-corrected chi connectivity index (χ0v) is 32.6. The number of non-ortho nitro benzene ring substituents is 1. The van der Waals surface area contributed by atoms with Gasteiger partial charge in [-0.25, -0.2) is 9.18 Å². The largest absolute Gasteiger partial charge is 0.514 e. The zero-order valence-electron chi connectivity index (χ0n) is 31.6. The number of esters is 1. The number of anilines is 1. The highest BCUT2D eigenvalue weighted by Gasteiger charge is 2.40. The molecule has 11 nitrogen and oxygen atoms in total. The second-order valence-corrected chi connectivity index (χ2v) is 20.1. The third-order valence-corrected chi connectivity index (χ3v) is 14.6. The fourth-order valence-corrected chi connectivity index (χ4v) is 7.41. The summed E-state index contributed by atoms with van der Waals surface area (Å²) in [6, 6.07) is 10.0. The Morgan fingerprint density at radius 1 is 1.06 bits per heavy atom. The van der Waals surface area contributed by atoms with Crippen molar-refractivity contribution in [2.24, 2.45) is 11.8 Å². The topological polar surface area (TPSA) is 127 Å². The van der Waals surface area contributed by atoms with E-state index in [-0.39, 0.29) is 46.5 Å². The maximum atomic E-state index is 14.9. The van der Waals surface area contributed by atoms with E-state index in [0.717, 1.165) is 5.69 Å². The van der Waals surface area contributed by atoms with E-state index in [9.17, 15) is 24.1 Å². The number of benzene rings is 2. The highest BCUT2D eigenvalue weighted by Crippen LogP contribution is 2.39. The first kappa shape index (κ1) is 40.7. The molecule has 2 aromatic carbocycles. The van der Waals surface area contributed by atoms with E-state index < -0.39 is 37.7 Å². The quantitative estimate of drug-likeness (QED) is 0.0647. The molecule has 0 bridgehead atoms. The standard InChI is InChI=1S/C39H53FN2O9Si/c1-26-9-13-34(51-52(7,8)39(4,5)6)25-36(43)50-37(28(3)21-29-22-30(40)24-32(23-29)41-17-19-47-20-18-41)27(2)10-16-35(26)49-38(44)48-33-14-11-31(12-15-33)42(45)46/h10-12,14-16,21-24,26-27,34-35,37H,9,13,17-20,25H2,1-8H3/b16-10+,28-21+/t26-,27-,34+,35-,37-/m0/s1. The Morgan fingerprint density at radius 2 is 1.73 bits per heavy atom. The van der Waals surface area contributed by atoms with Crippen molar-refractivity contribution in [3.63, 3.8) is 0 Å². The molecule has 0 radical (unpaired) electrons. The molecule has 1 saturated heterocycles. The van der Waals surface area contributed by atoms with Crippen molar-refractivity contribution >= 4 is 37.9 Å². The minimum atomic E-state index is -2.29. The molecule has 0 unspecified atom stereocenters. The van der Waals surface area contributed by atoms with E-state index in [0.29, 0.717) is 50.3 Å². The van der Waals surface area contributed by atoms with Gasteiger partial charge in [-0.1, -0.05) is 46.8 Å². The molecular weight excluding hydrogens is 688 g/mol. The number of ether oxygens (including phenoxy) is 4. The van der Waals surface area contributed by atoms with E-state index in [1.807, 2.05) is 39.0 Å². The Hall–Kier alpha value is -4.07. The Kier molecular flexibility index (Phi) is 13.8. The number of rotatable bonds is 8. The molecule has 1 fully saturated rings. The molecule has 0 saturated carbocycles. The predicted molar refractivity (Wildman–Crippen MR) is 200 cm³/mol. The molecule has 5 atom stereocenters. The van der Waals surface area contributed by atoms with E-state index in [2.05, 4.69) is 38.8 Å². The zero-order chi connectivity index (χ0) is 38.2. The smallest absolute Gasteiger partial charge is 0.457 e. The van der Waals surface area contributed by atoms with Crippen molar-refractivity contribution in [2.45, 2.75) is 97.2 Å². The first-order chi connectivity index (χ1) is 24.4. The van der Waals surface area contributed by atoms with Gasteiger partial charge in [0, 0.05) is 36.8 Å². The van der Waals surface area contributed by atoms with Gasteiger partial charge < -0.3 is 28.3 Å². The predicted octanol–water partition coefficient (Wildman–Crippen LogP) is 8.87. The van der Waals surface area contributed by atoms with Crippen LogP contribution in [0, 0.1) is 27.8 Å². The molecule has 13 heteroatoms. The Bertz CT molecular complexity index is 1620. The fourth-order valence-electron chi connectivity index (χ4n) is 6.03. The molecule has 284 valence electrons. The summed E-state index contributed by atoms with van der Waals surface area (Å²) >= 11 is 0. The van der Waals surface area contributed by atoms with Gasteiger partial charge in [0.15, 0.2) is 8.32 Å². The highest BCUT2D eigenvalue weighted by molar-refractivity contribution is 6.74. The number of hydrogen-bond donors (Lipinski definition) is 0. The number of halogens is 1. The molecule has 0 spiro atoms. The Morgan fingerprint density at radius 3 is 2.37 bits per heavy atom. The summed E-state index contributed by atoms with van der Waals surface area (Å²) in [6.07, 6.45) is 3.82. The molecule has 0 amide bonds. The lowest BCUT2D eigenvalue weighted by atomic mass is 9.91. The lowest BCUT2D eigenvalue weighted by molar-refractivity contribution is -0.384. The lowest BCUT2D eigenvalue weighted by Gasteiger charge is -2.39. The van der Waals surface area contributed by atoms with Crippen LogP contribution in [0.1, 0.15) is 66.4 Å². The minimum absolute atomic E-state index is 0.0499. The van der Waals surface area contributed by atoms with E-state index in [1.165, 1.54) is 36.4 Å². The summed E-state index contributed by atoms with van der Waals surface area (Å²) in [5.74, 6) is -1.20. The summed E-state index contributed by atoms with van der Waals surface area (Å²) in [7, 11) is -2.29. The number of carbonyl (C=O) groups is 2. The van der Waals surface area contributed by atoms with Crippen LogP contribution in [0.4, 0.5) is 20.6 Å². The van der Waals surface area contributed by atoms with Gasteiger partial charge in [0.2, 0.25) is 0 Å². The first-order valence-corrected chi connectivity index (χ1v) is 20.8. The number of nitrogens with zero attached hydrogens (tertiary/aromatic N) is 2. The Labute approximate surface area is 307 Å². The second-order valence-electron chi connectivity index (χ2n) is 15.3. The van der Waals surface area contributed by atoms with Gasteiger partial charge in [-0.3, -0.25) is 14.9 Å². The van der Waals surface area contributed by atoms with E-state index in [1.54, 1.807) is 6.08 Å². The molecule has 0 aromatic heterocycles. The molecular formula is C39H53FN2O9Si. The summed E-state index contributed by atoms with van der Waals surface area (Å²) in [6.45, 7) is 18.9. The van der Waals surface area contributed by atoms with Crippen LogP contribution in [-0.2, 0) is 23.4 Å².